The van der Waals surface area contributed by atoms with Crippen molar-refractivity contribution in [1.82, 2.24) is 0 Å². The van der Waals surface area contributed by atoms with Crippen LogP contribution in [-0.2, 0) is 9.47 Å². The van der Waals surface area contributed by atoms with E-state index in [1.165, 1.54) is 19.3 Å². The second kappa shape index (κ2) is 4.76. The minimum Gasteiger partial charge on any atom is -0.381 e. The summed E-state index contributed by atoms with van der Waals surface area (Å²) in [5, 5.41) is 0. The molecule has 0 saturated carbocycles. The number of alkyl halides is 1. The van der Waals surface area contributed by atoms with E-state index in [1.807, 2.05) is 0 Å². The van der Waals surface area contributed by atoms with Crippen LogP contribution in [-0.4, -0.2) is 30.8 Å². The van der Waals surface area contributed by atoms with Gasteiger partial charge in [0, 0.05) is 18.0 Å². The highest BCUT2D eigenvalue weighted by Crippen LogP contribution is 2.29. The molecule has 3 unspecified atom stereocenters. The molecule has 0 bridgehead atoms. The Labute approximate surface area is 88.1 Å². The minimum atomic E-state index is 0.506. The van der Waals surface area contributed by atoms with Gasteiger partial charge >= 0.3 is 0 Å². The molecule has 0 aromatic carbocycles. The van der Waals surface area contributed by atoms with Gasteiger partial charge in [0.1, 0.15) is 0 Å². The largest absolute Gasteiger partial charge is 0.381 e. The summed E-state index contributed by atoms with van der Waals surface area (Å²) in [4.78, 5) is 0.644. The van der Waals surface area contributed by atoms with Crippen molar-refractivity contribution in [2.45, 2.75) is 36.6 Å². The molecule has 2 fully saturated rings. The summed E-state index contributed by atoms with van der Waals surface area (Å²) in [6, 6.07) is 0. The molecule has 2 nitrogen and oxygen atoms in total. The fraction of sp³-hybridized carbons (Fsp3) is 1.00. The van der Waals surface area contributed by atoms with Gasteiger partial charge in [-0.3, -0.25) is 0 Å². The summed E-state index contributed by atoms with van der Waals surface area (Å²) in [6.07, 6.45) is 5.32. The zero-order valence-electron chi connectivity index (χ0n) is 7.88. The predicted molar refractivity (Wildman–Crippen MR) is 55.2 cm³/mol. The van der Waals surface area contributed by atoms with Crippen LogP contribution in [0.25, 0.3) is 0 Å². The molecule has 3 heteroatoms. The summed E-state index contributed by atoms with van der Waals surface area (Å²) in [5.74, 6) is 0.664. The van der Waals surface area contributed by atoms with E-state index in [1.54, 1.807) is 0 Å². The third-order valence-corrected chi connectivity index (χ3v) is 4.18. The highest BCUT2D eigenvalue weighted by molar-refractivity contribution is 9.09. The Bertz CT molecular complexity index is 157. The fourth-order valence-corrected chi connectivity index (χ4v) is 2.71. The molecule has 0 aromatic heterocycles. The zero-order chi connectivity index (χ0) is 9.10. The molecule has 2 aliphatic heterocycles. The van der Waals surface area contributed by atoms with Crippen molar-refractivity contribution in [3.05, 3.63) is 0 Å². The molecule has 2 aliphatic rings. The summed E-state index contributed by atoms with van der Waals surface area (Å²) >= 11 is 3.73. The molecular formula is C10H17BrO2. The Morgan fingerprint density at radius 1 is 1.23 bits per heavy atom. The highest BCUT2D eigenvalue weighted by atomic mass is 79.9. The summed E-state index contributed by atoms with van der Waals surface area (Å²) in [6.45, 7) is 2.79. The minimum absolute atomic E-state index is 0.506. The van der Waals surface area contributed by atoms with Crippen molar-refractivity contribution in [2.24, 2.45) is 5.92 Å². The van der Waals surface area contributed by atoms with E-state index in [4.69, 9.17) is 9.47 Å². The van der Waals surface area contributed by atoms with Crippen LogP contribution in [0.2, 0.25) is 0 Å². The van der Waals surface area contributed by atoms with Crippen molar-refractivity contribution < 1.29 is 9.47 Å². The Kier molecular flexibility index (Phi) is 3.64. The Balaban J connectivity index is 1.78. The summed E-state index contributed by atoms with van der Waals surface area (Å²) < 4.78 is 11.1. The van der Waals surface area contributed by atoms with Gasteiger partial charge in [-0.05, 0) is 31.6 Å². The maximum Gasteiger partial charge on any atom is 0.0579 e. The van der Waals surface area contributed by atoms with E-state index in [2.05, 4.69) is 15.9 Å². The van der Waals surface area contributed by atoms with Crippen LogP contribution in [0, 0.1) is 5.92 Å². The molecule has 0 N–H and O–H groups in total. The lowest BCUT2D eigenvalue weighted by molar-refractivity contribution is 0.0253. The molecule has 0 spiro atoms. The summed E-state index contributed by atoms with van der Waals surface area (Å²) in [7, 11) is 0. The molecule has 3 atom stereocenters. The van der Waals surface area contributed by atoms with Crippen LogP contribution in [0.5, 0.6) is 0 Å². The maximum atomic E-state index is 5.63. The number of halogens is 1. The fourth-order valence-electron chi connectivity index (χ4n) is 2.15. The van der Waals surface area contributed by atoms with Crippen LogP contribution >= 0.6 is 15.9 Å². The number of ether oxygens (including phenoxy) is 2. The zero-order valence-corrected chi connectivity index (χ0v) is 9.46. The van der Waals surface area contributed by atoms with E-state index in [0.717, 1.165) is 26.2 Å². The van der Waals surface area contributed by atoms with Gasteiger partial charge in [-0.2, -0.15) is 0 Å². The third-order valence-electron chi connectivity index (χ3n) is 2.97. The normalized spacial score (nSPS) is 40.8. The lowest BCUT2D eigenvalue weighted by atomic mass is 9.94. The SMILES string of the molecule is BrC1CCOCC1CC1CCCO1. The van der Waals surface area contributed by atoms with E-state index in [-0.39, 0.29) is 0 Å². The van der Waals surface area contributed by atoms with Crippen LogP contribution in [0.4, 0.5) is 0 Å². The van der Waals surface area contributed by atoms with E-state index >= 15 is 0 Å². The smallest absolute Gasteiger partial charge is 0.0579 e. The molecule has 0 radical (unpaired) electrons. The Morgan fingerprint density at radius 3 is 2.85 bits per heavy atom. The first kappa shape index (κ1) is 9.94. The molecule has 76 valence electrons. The molecule has 0 aliphatic carbocycles. The van der Waals surface area contributed by atoms with Gasteiger partial charge in [0.15, 0.2) is 0 Å². The van der Waals surface area contributed by atoms with Gasteiger partial charge in [0.05, 0.1) is 12.7 Å². The van der Waals surface area contributed by atoms with Gasteiger partial charge in [-0.15, -0.1) is 0 Å². The topological polar surface area (TPSA) is 18.5 Å². The lowest BCUT2D eigenvalue weighted by Crippen LogP contribution is -2.30. The standard InChI is InChI=1S/C10H17BrO2/c11-10-3-5-12-7-8(10)6-9-2-1-4-13-9/h8-10H,1-7H2. The number of rotatable bonds is 2. The Hall–Kier alpha value is 0.400. The molecule has 0 aromatic rings. The van der Waals surface area contributed by atoms with Crippen LogP contribution in [0.1, 0.15) is 25.7 Å². The second-order valence-electron chi connectivity index (χ2n) is 4.01. The predicted octanol–water partition coefficient (Wildman–Crippen LogP) is 2.36. The third kappa shape index (κ3) is 2.67. The van der Waals surface area contributed by atoms with E-state index < -0.39 is 0 Å². The van der Waals surface area contributed by atoms with Gasteiger partial charge < -0.3 is 9.47 Å². The second-order valence-corrected chi connectivity index (χ2v) is 5.19. The van der Waals surface area contributed by atoms with Crippen molar-refractivity contribution in [1.29, 1.82) is 0 Å². The molecule has 13 heavy (non-hydrogen) atoms. The molecule has 0 amide bonds. The average molecular weight is 249 g/mol. The molecular weight excluding hydrogens is 232 g/mol. The molecule has 2 saturated heterocycles. The monoisotopic (exact) mass is 248 g/mol. The first-order chi connectivity index (χ1) is 6.36. The van der Waals surface area contributed by atoms with Crippen LogP contribution < -0.4 is 0 Å². The molecule has 2 rings (SSSR count). The van der Waals surface area contributed by atoms with E-state index in [0.29, 0.717) is 16.8 Å². The highest BCUT2D eigenvalue weighted by Gasteiger charge is 2.28. The number of hydrogen-bond acceptors (Lipinski definition) is 2. The van der Waals surface area contributed by atoms with Crippen molar-refractivity contribution in [3.8, 4) is 0 Å². The van der Waals surface area contributed by atoms with Gasteiger partial charge in [0.2, 0.25) is 0 Å². The van der Waals surface area contributed by atoms with Crippen molar-refractivity contribution >= 4 is 15.9 Å². The van der Waals surface area contributed by atoms with E-state index in [9.17, 15) is 0 Å². The van der Waals surface area contributed by atoms with Crippen molar-refractivity contribution in [2.75, 3.05) is 19.8 Å². The van der Waals surface area contributed by atoms with Crippen molar-refractivity contribution in [3.63, 3.8) is 0 Å². The number of hydrogen-bond donors (Lipinski definition) is 0. The summed E-state index contributed by atoms with van der Waals surface area (Å²) in [5.41, 5.74) is 0. The maximum absolute atomic E-state index is 5.63. The average Bonchev–Trinajstić information content (AvgIpc) is 2.61. The van der Waals surface area contributed by atoms with Gasteiger partial charge in [-0.25, -0.2) is 0 Å². The van der Waals surface area contributed by atoms with Crippen LogP contribution in [0.15, 0.2) is 0 Å². The molecule has 2 heterocycles. The first-order valence-electron chi connectivity index (χ1n) is 5.19. The quantitative estimate of drug-likeness (QED) is 0.699. The van der Waals surface area contributed by atoms with Crippen LogP contribution in [0.3, 0.4) is 0 Å². The van der Waals surface area contributed by atoms with Gasteiger partial charge in [-0.1, -0.05) is 15.9 Å². The lowest BCUT2D eigenvalue weighted by Gasteiger charge is -2.29. The first-order valence-corrected chi connectivity index (χ1v) is 6.11. The van der Waals surface area contributed by atoms with Gasteiger partial charge in [0.25, 0.3) is 0 Å². The Morgan fingerprint density at radius 2 is 2.15 bits per heavy atom.